The Hall–Kier alpha value is -0.930. The number of halogens is 1. The SMILES string of the molecule is COc1ccc(Cl)c(CCCN)c1OC(C)C. The third-order valence-electron chi connectivity index (χ3n) is 2.37. The number of hydrogen-bond acceptors (Lipinski definition) is 3. The van der Waals surface area contributed by atoms with E-state index in [9.17, 15) is 0 Å². The van der Waals surface area contributed by atoms with Crippen molar-refractivity contribution >= 4 is 11.6 Å². The highest BCUT2D eigenvalue weighted by atomic mass is 35.5. The van der Waals surface area contributed by atoms with Gasteiger partial charge in [0.25, 0.3) is 0 Å². The molecular weight excluding hydrogens is 238 g/mol. The summed E-state index contributed by atoms with van der Waals surface area (Å²) in [4.78, 5) is 0. The van der Waals surface area contributed by atoms with E-state index in [1.54, 1.807) is 7.11 Å². The zero-order valence-corrected chi connectivity index (χ0v) is 11.4. The highest BCUT2D eigenvalue weighted by Gasteiger charge is 2.15. The van der Waals surface area contributed by atoms with Crippen molar-refractivity contribution in [3.8, 4) is 11.5 Å². The average molecular weight is 258 g/mol. The molecule has 0 amide bonds. The monoisotopic (exact) mass is 257 g/mol. The van der Waals surface area contributed by atoms with E-state index < -0.39 is 0 Å². The van der Waals surface area contributed by atoms with Gasteiger partial charge in [0.2, 0.25) is 0 Å². The van der Waals surface area contributed by atoms with Gasteiger partial charge >= 0.3 is 0 Å². The molecule has 0 aliphatic heterocycles. The molecule has 0 heterocycles. The third-order valence-corrected chi connectivity index (χ3v) is 2.73. The van der Waals surface area contributed by atoms with Crippen LogP contribution in [-0.2, 0) is 6.42 Å². The smallest absolute Gasteiger partial charge is 0.166 e. The van der Waals surface area contributed by atoms with E-state index in [0.717, 1.165) is 29.9 Å². The molecule has 0 bridgehead atoms. The zero-order chi connectivity index (χ0) is 12.8. The number of hydrogen-bond donors (Lipinski definition) is 1. The molecule has 96 valence electrons. The summed E-state index contributed by atoms with van der Waals surface area (Å²) in [5.41, 5.74) is 6.51. The van der Waals surface area contributed by atoms with Crippen molar-refractivity contribution in [1.82, 2.24) is 0 Å². The maximum absolute atomic E-state index is 6.20. The summed E-state index contributed by atoms with van der Waals surface area (Å²) in [7, 11) is 1.63. The van der Waals surface area contributed by atoms with E-state index in [4.69, 9.17) is 26.8 Å². The predicted octanol–water partition coefficient (Wildman–Crippen LogP) is 3.03. The molecular formula is C13H20ClNO2. The molecule has 0 radical (unpaired) electrons. The number of rotatable bonds is 6. The molecule has 1 rings (SSSR count). The molecule has 4 heteroatoms. The van der Waals surface area contributed by atoms with Crippen LogP contribution in [0.15, 0.2) is 12.1 Å². The Labute approximate surface area is 108 Å². The first-order chi connectivity index (χ1) is 8.10. The second-order valence-electron chi connectivity index (χ2n) is 4.12. The van der Waals surface area contributed by atoms with Crippen LogP contribution in [0.5, 0.6) is 11.5 Å². The first-order valence-electron chi connectivity index (χ1n) is 5.82. The molecule has 0 saturated heterocycles. The fraction of sp³-hybridized carbons (Fsp3) is 0.538. The minimum atomic E-state index is 0.0824. The lowest BCUT2D eigenvalue weighted by atomic mass is 10.1. The summed E-state index contributed by atoms with van der Waals surface area (Å²) < 4.78 is 11.1. The lowest BCUT2D eigenvalue weighted by molar-refractivity contribution is 0.227. The third kappa shape index (κ3) is 3.79. The van der Waals surface area contributed by atoms with Crippen molar-refractivity contribution in [2.24, 2.45) is 5.73 Å². The van der Waals surface area contributed by atoms with Gasteiger partial charge in [-0.3, -0.25) is 0 Å². The van der Waals surface area contributed by atoms with Gasteiger partial charge in [-0.1, -0.05) is 11.6 Å². The summed E-state index contributed by atoms with van der Waals surface area (Å²) >= 11 is 6.20. The van der Waals surface area contributed by atoms with Gasteiger partial charge in [0.15, 0.2) is 11.5 Å². The van der Waals surface area contributed by atoms with E-state index in [0.29, 0.717) is 11.6 Å². The lowest BCUT2D eigenvalue weighted by Crippen LogP contribution is -2.10. The van der Waals surface area contributed by atoms with Crippen molar-refractivity contribution in [2.75, 3.05) is 13.7 Å². The molecule has 0 atom stereocenters. The van der Waals surface area contributed by atoms with Gasteiger partial charge in [0.1, 0.15) is 0 Å². The van der Waals surface area contributed by atoms with Crippen LogP contribution in [-0.4, -0.2) is 19.8 Å². The predicted molar refractivity (Wildman–Crippen MR) is 71.1 cm³/mol. The van der Waals surface area contributed by atoms with Crippen molar-refractivity contribution in [3.63, 3.8) is 0 Å². The van der Waals surface area contributed by atoms with Gasteiger partial charge in [0, 0.05) is 10.6 Å². The Morgan fingerprint density at radius 3 is 2.59 bits per heavy atom. The lowest BCUT2D eigenvalue weighted by Gasteiger charge is -2.18. The highest BCUT2D eigenvalue weighted by molar-refractivity contribution is 6.31. The maximum Gasteiger partial charge on any atom is 0.166 e. The van der Waals surface area contributed by atoms with E-state index in [1.165, 1.54) is 0 Å². The fourth-order valence-electron chi connectivity index (χ4n) is 1.62. The Balaban J connectivity index is 3.11. The van der Waals surface area contributed by atoms with Crippen LogP contribution in [0.25, 0.3) is 0 Å². The minimum Gasteiger partial charge on any atom is -0.493 e. The molecule has 1 aromatic rings. The van der Waals surface area contributed by atoms with Gasteiger partial charge < -0.3 is 15.2 Å². The van der Waals surface area contributed by atoms with Crippen molar-refractivity contribution in [2.45, 2.75) is 32.8 Å². The normalized spacial score (nSPS) is 10.7. The second-order valence-corrected chi connectivity index (χ2v) is 4.52. The van der Waals surface area contributed by atoms with Gasteiger partial charge in [-0.25, -0.2) is 0 Å². The van der Waals surface area contributed by atoms with Gasteiger partial charge in [0.05, 0.1) is 13.2 Å². The van der Waals surface area contributed by atoms with Crippen LogP contribution >= 0.6 is 11.6 Å². The Morgan fingerprint density at radius 2 is 2.06 bits per heavy atom. The Bertz CT molecular complexity index is 367. The van der Waals surface area contributed by atoms with Crippen LogP contribution < -0.4 is 15.2 Å². The van der Waals surface area contributed by atoms with E-state index in [1.807, 2.05) is 26.0 Å². The molecule has 1 aromatic carbocycles. The van der Waals surface area contributed by atoms with Crippen LogP contribution in [0.4, 0.5) is 0 Å². The largest absolute Gasteiger partial charge is 0.493 e. The van der Waals surface area contributed by atoms with Gasteiger partial charge in [-0.05, 0) is 45.4 Å². The first-order valence-corrected chi connectivity index (χ1v) is 6.20. The quantitative estimate of drug-likeness (QED) is 0.852. The molecule has 0 saturated carbocycles. The summed E-state index contributed by atoms with van der Waals surface area (Å²) in [6, 6.07) is 3.66. The molecule has 0 unspecified atom stereocenters. The number of benzene rings is 1. The van der Waals surface area contributed by atoms with Crippen LogP contribution in [0, 0.1) is 0 Å². The summed E-state index contributed by atoms with van der Waals surface area (Å²) in [6.45, 7) is 4.59. The summed E-state index contributed by atoms with van der Waals surface area (Å²) in [5.74, 6) is 1.46. The number of methoxy groups -OCH3 is 1. The second kappa shape index (κ2) is 6.72. The van der Waals surface area contributed by atoms with E-state index in [2.05, 4.69) is 0 Å². The maximum atomic E-state index is 6.20. The topological polar surface area (TPSA) is 44.5 Å². The Morgan fingerprint density at radius 1 is 1.35 bits per heavy atom. The zero-order valence-electron chi connectivity index (χ0n) is 10.6. The standard InChI is InChI=1S/C13H20ClNO2/c1-9(2)17-13-10(5-4-8-15)11(14)6-7-12(13)16-3/h6-7,9H,4-5,8,15H2,1-3H3. The molecule has 0 aliphatic rings. The number of ether oxygens (including phenoxy) is 2. The number of nitrogens with two attached hydrogens (primary N) is 1. The summed E-state index contributed by atoms with van der Waals surface area (Å²) in [5, 5.41) is 0.704. The molecule has 0 spiro atoms. The summed E-state index contributed by atoms with van der Waals surface area (Å²) in [6.07, 6.45) is 1.76. The highest BCUT2D eigenvalue weighted by Crippen LogP contribution is 2.37. The van der Waals surface area contributed by atoms with Crippen LogP contribution in [0.2, 0.25) is 5.02 Å². The molecule has 17 heavy (non-hydrogen) atoms. The fourth-order valence-corrected chi connectivity index (χ4v) is 1.86. The average Bonchev–Trinajstić information content (AvgIpc) is 2.28. The van der Waals surface area contributed by atoms with Crippen molar-refractivity contribution < 1.29 is 9.47 Å². The van der Waals surface area contributed by atoms with Crippen molar-refractivity contribution in [3.05, 3.63) is 22.7 Å². The molecule has 3 nitrogen and oxygen atoms in total. The molecule has 2 N–H and O–H groups in total. The van der Waals surface area contributed by atoms with Gasteiger partial charge in [-0.15, -0.1) is 0 Å². The van der Waals surface area contributed by atoms with Crippen LogP contribution in [0.1, 0.15) is 25.8 Å². The van der Waals surface area contributed by atoms with Gasteiger partial charge in [-0.2, -0.15) is 0 Å². The molecule has 0 aromatic heterocycles. The minimum absolute atomic E-state index is 0.0824. The van der Waals surface area contributed by atoms with Crippen LogP contribution in [0.3, 0.4) is 0 Å². The van der Waals surface area contributed by atoms with Crippen molar-refractivity contribution in [1.29, 1.82) is 0 Å². The Kier molecular flexibility index (Phi) is 5.59. The molecule has 0 aliphatic carbocycles. The molecule has 0 fully saturated rings. The van der Waals surface area contributed by atoms with E-state index in [-0.39, 0.29) is 6.10 Å². The van der Waals surface area contributed by atoms with E-state index >= 15 is 0 Å². The first kappa shape index (κ1) is 14.1.